The van der Waals surface area contributed by atoms with Crippen molar-refractivity contribution in [2.75, 3.05) is 23.8 Å². The molecule has 0 radical (unpaired) electrons. The first-order chi connectivity index (χ1) is 9.29. The molecule has 3 aliphatic heterocycles. The Kier molecular flexibility index (Phi) is 6.85. The minimum absolute atomic E-state index is 0. The molecule has 3 unspecified atom stereocenters. The van der Waals surface area contributed by atoms with Crippen molar-refractivity contribution >= 4 is 41.8 Å². The number of piperidine rings is 1. The summed E-state index contributed by atoms with van der Waals surface area (Å²) in [6, 6.07) is 1.39. The number of halogens is 1. The van der Waals surface area contributed by atoms with E-state index in [9.17, 15) is 4.79 Å². The van der Waals surface area contributed by atoms with Gasteiger partial charge in [0.2, 0.25) is 5.91 Å². The lowest BCUT2D eigenvalue weighted by Crippen LogP contribution is -2.40. The van der Waals surface area contributed by atoms with Crippen LogP contribution in [0.3, 0.4) is 0 Å². The van der Waals surface area contributed by atoms with Crippen molar-refractivity contribution in [3.63, 3.8) is 0 Å². The summed E-state index contributed by atoms with van der Waals surface area (Å²) in [7, 11) is 0. The van der Waals surface area contributed by atoms with Crippen molar-refractivity contribution in [1.29, 1.82) is 0 Å². The first-order valence-electron chi connectivity index (χ1n) is 7.51. The van der Waals surface area contributed by atoms with Crippen LogP contribution in [0.1, 0.15) is 32.1 Å². The summed E-state index contributed by atoms with van der Waals surface area (Å²) in [4.78, 5) is 12.0. The van der Waals surface area contributed by atoms with Crippen LogP contribution in [0.25, 0.3) is 0 Å². The van der Waals surface area contributed by atoms with E-state index in [1.807, 2.05) is 23.5 Å². The summed E-state index contributed by atoms with van der Waals surface area (Å²) < 4.78 is 0. The van der Waals surface area contributed by atoms with E-state index < -0.39 is 0 Å². The van der Waals surface area contributed by atoms with E-state index in [4.69, 9.17) is 0 Å². The first kappa shape index (κ1) is 16.8. The Balaban J connectivity index is 0.00000147. The van der Waals surface area contributed by atoms with Crippen molar-refractivity contribution in [2.45, 2.75) is 49.4 Å². The molecule has 20 heavy (non-hydrogen) atoms. The zero-order chi connectivity index (χ0) is 13.1. The van der Waals surface area contributed by atoms with Crippen molar-refractivity contribution < 1.29 is 4.79 Å². The maximum Gasteiger partial charge on any atom is 0.220 e. The number of carbonyl (C=O) groups is 1. The summed E-state index contributed by atoms with van der Waals surface area (Å²) in [5.74, 6) is 4.60. The Labute approximate surface area is 136 Å². The van der Waals surface area contributed by atoms with Crippen LogP contribution in [-0.2, 0) is 4.79 Å². The second-order valence-electron chi connectivity index (χ2n) is 6.05. The molecule has 3 atom stereocenters. The molecule has 3 saturated heterocycles. The molecule has 3 fully saturated rings. The Morgan fingerprint density at radius 1 is 1.20 bits per heavy atom. The lowest BCUT2D eigenvalue weighted by molar-refractivity contribution is -0.122. The molecular weight excluding hydrogens is 312 g/mol. The molecular formula is C14H25ClN2OS2. The first-order valence-corrected chi connectivity index (χ1v) is 9.72. The fraction of sp³-hybridized carbons (Fsp3) is 0.929. The number of rotatable bonds is 4. The monoisotopic (exact) mass is 336 g/mol. The van der Waals surface area contributed by atoms with E-state index in [2.05, 4.69) is 10.6 Å². The predicted molar refractivity (Wildman–Crippen MR) is 91.1 cm³/mol. The van der Waals surface area contributed by atoms with Crippen LogP contribution in [0.5, 0.6) is 0 Å². The predicted octanol–water partition coefficient (Wildman–Crippen LogP) is 2.29. The SMILES string of the molecule is Cl.O=C(CC1CC2CCC(C1)N2)NCC1CSCCS1. The van der Waals surface area contributed by atoms with E-state index in [-0.39, 0.29) is 18.3 Å². The quantitative estimate of drug-likeness (QED) is 0.826. The molecule has 3 heterocycles. The molecule has 3 rings (SSSR count). The number of fused-ring (bicyclic) bond motifs is 2. The van der Waals surface area contributed by atoms with Crippen LogP contribution in [0.4, 0.5) is 0 Å². The Bertz CT molecular complexity index is 314. The van der Waals surface area contributed by atoms with Gasteiger partial charge in [0, 0.05) is 47.6 Å². The molecule has 1 amide bonds. The smallest absolute Gasteiger partial charge is 0.220 e. The Hall–Kier alpha value is 0.420. The van der Waals surface area contributed by atoms with E-state index >= 15 is 0 Å². The minimum atomic E-state index is 0. The van der Waals surface area contributed by atoms with Crippen LogP contribution in [0.15, 0.2) is 0 Å². The van der Waals surface area contributed by atoms with Gasteiger partial charge in [-0.1, -0.05) is 0 Å². The molecule has 2 N–H and O–H groups in total. The van der Waals surface area contributed by atoms with Crippen LogP contribution in [0.2, 0.25) is 0 Å². The Morgan fingerprint density at radius 3 is 2.60 bits per heavy atom. The molecule has 0 aromatic rings. The van der Waals surface area contributed by atoms with Gasteiger partial charge in [-0.15, -0.1) is 12.4 Å². The van der Waals surface area contributed by atoms with Gasteiger partial charge in [-0.25, -0.2) is 0 Å². The number of amides is 1. The number of thioether (sulfide) groups is 2. The molecule has 0 aliphatic carbocycles. The number of hydrogen-bond donors (Lipinski definition) is 2. The van der Waals surface area contributed by atoms with Gasteiger partial charge < -0.3 is 10.6 Å². The van der Waals surface area contributed by atoms with E-state index in [1.165, 1.54) is 42.9 Å². The summed E-state index contributed by atoms with van der Waals surface area (Å²) >= 11 is 4.04. The molecule has 116 valence electrons. The standard InChI is InChI=1S/C14H24N2OS2.ClH/c17-14(15-8-13-9-18-3-4-19-13)7-10-5-11-1-2-12(6-10)16-11;/h10-13,16H,1-9H2,(H,15,17);1H. The number of hydrogen-bond acceptors (Lipinski definition) is 4. The molecule has 0 aromatic heterocycles. The zero-order valence-electron chi connectivity index (χ0n) is 11.8. The van der Waals surface area contributed by atoms with Crippen LogP contribution < -0.4 is 10.6 Å². The molecule has 0 aromatic carbocycles. The highest BCUT2D eigenvalue weighted by Gasteiger charge is 2.34. The average Bonchev–Trinajstić information content (AvgIpc) is 2.77. The highest BCUT2D eigenvalue weighted by Crippen LogP contribution is 2.32. The van der Waals surface area contributed by atoms with Crippen LogP contribution in [0, 0.1) is 5.92 Å². The van der Waals surface area contributed by atoms with Gasteiger partial charge in [0.05, 0.1) is 0 Å². The molecule has 3 nitrogen and oxygen atoms in total. The van der Waals surface area contributed by atoms with Crippen molar-refractivity contribution in [3.8, 4) is 0 Å². The van der Waals surface area contributed by atoms with Gasteiger partial charge in [-0.2, -0.15) is 23.5 Å². The fourth-order valence-electron chi connectivity index (χ4n) is 3.56. The topological polar surface area (TPSA) is 41.1 Å². The van der Waals surface area contributed by atoms with E-state index in [0.29, 0.717) is 23.3 Å². The van der Waals surface area contributed by atoms with Gasteiger partial charge in [0.1, 0.15) is 0 Å². The molecule has 0 saturated carbocycles. The van der Waals surface area contributed by atoms with E-state index in [1.54, 1.807) is 0 Å². The lowest BCUT2D eigenvalue weighted by Gasteiger charge is -2.29. The third-order valence-corrected chi connectivity index (χ3v) is 7.30. The normalized spacial score (nSPS) is 36.2. The molecule has 6 heteroatoms. The van der Waals surface area contributed by atoms with Crippen LogP contribution >= 0.6 is 35.9 Å². The summed E-state index contributed by atoms with van der Waals surface area (Å²) in [6.45, 7) is 0.869. The molecule has 0 spiro atoms. The fourth-order valence-corrected chi connectivity index (χ4v) is 6.17. The van der Waals surface area contributed by atoms with Gasteiger partial charge in [-0.05, 0) is 31.6 Å². The largest absolute Gasteiger partial charge is 0.355 e. The molecule has 3 aliphatic rings. The maximum absolute atomic E-state index is 12.0. The van der Waals surface area contributed by atoms with E-state index in [0.717, 1.165) is 13.0 Å². The highest BCUT2D eigenvalue weighted by atomic mass is 35.5. The maximum atomic E-state index is 12.0. The summed E-state index contributed by atoms with van der Waals surface area (Å²) in [5, 5.41) is 7.43. The zero-order valence-corrected chi connectivity index (χ0v) is 14.3. The Morgan fingerprint density at radius 2 is 1.95 bits per heavy atom. The molecule has 2 bridgehead atoms. The van der Waals surface area contributed by atoms with Crippen molar-refractivity contribution in [1.82, 2.24) is 10.6 Å². The number of nitrogens with one attached hydrogen (secondary N) is 2. The second kappa shape index (κ2) is 8.16. The highest BCUT2D eigenvalue weighted by molar-refractivity contribution is 8.06. The van der Waals surface area contributed by atoms with Gasteiger partial charge in [-0.3, -0.25) is 4.79 Å². The van der Waals surface area contributed by atoms with Gasteiger partial charge >= 0.3 is 0 Å². The lowest BCUT2D eigenvalue weighted by atomic mass is 9.89. The summed E-state index contributed by atoms with van der Waals surface area (Å²) in [6.07, 6.45) is 5.80. The second-order valence-corrected chi connectivity index (χ2v) is 8.61. The summed E-state index contributed by atoms with van der Waals surface area (Å²) in [5.41, 5.74) is 0. The third kappa shape index (κ3) is 4.72. The average molecular weight is 337 g/mol. The van der Waals surface area contributed by atoms with Gasteiger partial charge in [0.25, 0.3) is 0 Å². The third-order valence-electron chi connectivity index (χ3n) is 4.46. The van der Waals surface area contributed by atoms with Crippen molar-refractivity contribution in [3.05, 3.63) is 0 Å². The van der Waals surface area contributed by atoms with Gasteiger partial charge in [0.15, 0.2) is 0 Å². The number of carbonyl (C=O) groups excluding carboxylic acids is 1. The van der Waals surface area contributed by atoms with Crippen LogP contribution in [-0.4, -0.2) is 47.0 Å². The van der Waals surface area contributed by atoms with Crippen molar-refractivity contribution in [2.24, 2.45) is 5.92 Å². The minimum Gasteiger partial charge on any atom is -0.355 e.